The van der Waals surface area contributed by atoms with E-state index in [1.165, 1.54) is 186 Å². The molecule has 0 bridgehead atoms. The number of aliphatic hydroxyl groups is 2. The van der Waals surface area contributed by atoms with Crippen molar-refractivity contribution in [2.75, 3.05) is 6.61 Å². The monoisotopic (exact) mass is 621 g/mol. The summed E-state index contributed by atoms with van der Waals surface area (Å²) in [5.41, 5.74) is 0. The van der Waals surface area contributed by atoms with Crippen LogP contribution in [0.5, 0.6) is 0 Å². The van der Waals surface area contributed by atoms with Crippen LogP contribution in [0.4, 0.5) is 0 Å². The van der Waals surface area contributed by atoms with E-state index in [0.29, 0.717) is 12.5 Å². The van der Waals surface area contributed by atoms with Crippen molar-refractivity contribution < 1.29 is 10.2 Å². The van der Waals surface area contributed by atoms with Gasteiger partial charge in [-0.3, -0.25) is 0 Å². The Bertz CT molecular complexity index is 530. The molecule has 0 aromatic heterocycles. The molecule has 0 aromatic carbocycles. The Labute approximate surface area is 279 Å². The molecule has 0 rings (SSSR count). The van der Waals surface area contributed by atoms with E-state index in [9.17, 15) is 10.2 Å². The van der Waals surface area contributed by atoms with E-state index in [1.807, 2.05) is 0 Å². The Balaban J connectivity index is 3.25. The minimum Gasteiger partial charge on any atom is -0.396 e. The summed E-state index contributed by atoms with van der Waals surface area (Å²) in [5.74, 6) is 0.348. The predicted molar refractivity (Wildman–Crippen MR) is 199 cm³/mol. The highest BCUT2D eigenvalue weighted by molar-refractivity contribution is 4.88. The van der Waals surface area contributed by atoms with Gasteiger partial charge in [-0.1, -0.05) is 219 Å². The summed E-state index contributed by atoms with van der Waals surface area (Å²) in [6, 6.07) is 0. The zero-order valence-electron chi connectivity index (χ0n) is 30.7. The lowest BCUT2D eigenvalue weighted by Gasteiger charge is -2.09. The molecular formula is C42H84O2. The highest BCUT2D eigenvalue weighted by atomic mass is 16.3. The van der Waals surface area contributed by atoms with Gasteiger partial charge in [0.15, 0.2) is 0 Å². The summed E-state index contributed by atoms with van der Waals surface area (Å²) in [6.07, 6.45) is 52.1. The Morgan fingerprint density at radius 2 is 0.727 bits per heavy atom. The van der Waals surface area contributed by atoms with Gasteiger partial charge in [-0.2, -0.15) is 0 Å². The van der Waals surface area contributed by atoms with Crippen molar-refractivity contribution in [1.82, 2.24) is 0 Å². The van der Waals surface area contributed by atoms with E-state index in [1.54, 1.807) is 0 Å². The smallest absolute Gasteiger partial charge is 0.0540 e. The third-order valence-electron chi connectivity index (χ3n) is 9.85. The van der Waals surface area contributed by atoms with Crippen molar-refractivity contribution in [3.63, 3.8) is 0 Å². The van der Waals surface area contributed by atoms with E-state index in [0.717, 1.165) is 38.5 Å². The van der Waals surface area contributed by atoms with Crippen LogP contribution in [0.25, 0.3) is 0 Å². The van der Waals surface area contributed by atoms with Crippen LogP contribution in [0.3, 0.4) is 0 Å². The Hall–Kier alpha value is -0.340. The summed E-state index contributed by atoms with van der Waals surface area (Å²) >= 11 is 0. The van der Waals surface area contributed by atoms with Crippen LogP contribution >= 0.6 is 0 Å². The molecule has 0 aromatic rings. The average Bonchev–Trinajstić information content (AvgIpc) is 3.03. The molecule has 0 radical (unpaired) electrons. The third-order valence-corrected chi connectivity index (χ3v) is 9.85. The van der Waals surface area contributed by atoms with E-state index >= 15 is 0 Å². The van der Waals surface area contributed by atoms with Crippen LogP contribution in [-0.2, 0) is 0 Å². The van der Waals surface area contributed by atoms with Crippen molar-refractivity contribution in [2.45, 2.75) is 245 Å². The second-order valence-corrected chi connectivity index (χ2v) is 14.4. The highest BCUT2D eigenvalue weighted by Gasteiger charge is 2.04. The lowest BCUT2D eigenvalue weighted by Crippen LogP contribution is -2.04. The first-order chi connectivity index (χ1) is 21.7. The summed E-state index contributed by atoms with van der Waals surface area (Å²) in [6.45, 7) is 4.73. The van der Waals surface area contributed by atoms with Crippen molar-refractivity contribution in [3.8, 4) is 0 Å². The number of rotatable bonds is 38. The van der Waals surface area contributed by atoms with E-state index in [-0.39, 0.29) is 6.10 Å². The molecule has 2 N–H and O–H groups in total. The highest BCUT2D eigenvalue weighted by Crippen LogP contribution is 2.18. The SMILES string of the molecule is CCCCCCCCCCCCCCCCCCCCCCCCCCCCC[C@H](/C=C\CCCCC[C@H](O)CCC)CO. The standard InChI is InChI=1S/C42H84O2/c1-3-5-6-7-8-9-10-11-12-13-14-15-16-17-18-19-20-21-22-23-24-25-26-27-28-30-33-37-41(40-43)38-34-31-29-32-35-39-42(44)36-4-2/h34,38,41-44H,3-33,35-37,39-40H2,1-2H3/b38-34-/t41-,42-/m1/s1. The molecule has 0 aliphatic rings. The molecule has 0 saturated heterocycles. The maximum Gasteiger partial charge on any atom is 0.0540 e. The fourth-order valence-corrected chi connectivity index (χ4v) is 6.73. The molecular weight excluding hydrogens is 536 g/mol. The Morgan fingerprint density at radius 3 is 1.09 bits per heavy atom. The van der Waals surface area contributed by atoms with Gasteiger partial charge in [0, 0.05) is 6.61 Å². The molecule has 0 amide bonds. The van der Waals surface area contributed by atoms with Gasteiger partial charge in [0.25, 0.3) is 0 Å². The number of hydrogen-bond donors (Lipinski definition) is 2. The van der Waals surface area contributed by atoms with Crippen LogP contribution in [0.2, 0.25) is 0 Å². The molecule has 2 atom stereocenters. The number of hydrogen-bond acceptors (Lipinski definition) is 2. The number of allylic oxidation sites excluding steroid dienone is 1. The zero-order valence-corrected chi connectivity index (χ0v) is 30.7. The lowest BCUT2D eigenvalue weighted by molar-refractivity contribution is 0.150. The van der Waals surface area contributed by atoms with Gasteiger partial charge in [-0.25, -0.2) is 0 Å². The Morgan fingerprint density at radius 1 is 0.386 bits per heavy atom. The maximum atomic E-state index is 9.80. The average molecular weight is 621 g/mol. The normalized spacial score (nSPS) is 13.3. The largest absolute Gasteiger partial charge is 0.396 e. The van der Waals surface area contributed by atoms with Crippen LogP contribution in [0.15, 0.2) is 12.2 Å². The van der Waals surface area contributed by atoms with Crippen molar-refractivity contribution in [3.05, 3.63) is 12.2 Å². The summed E-state index contributed by atoms with van der Waals surface area (Å²) in [7, 11) is 0. The first-order valence-corrected chi connectivity index (χ1v) is 20.7. The molecule has 2 nitrogen and oxygen atoms in total. The van der Waals surface area contributed by atoms with Gasteiger partial charge in [-0.05, 0) is 38.0 Å². The minimum atomic E-state index is -0.0949. The molecule has 44 heavy (non-hydrogen) atoms. The van der Waals surface area contributed by atoms with E-state index in [4.69, 9.17) is 0 Å². The van der Waals surface area contributed by atoms with Crippen molar-refractivity contribution in [1.29, 1.82) is 0 Å². The topological polar surface area (TPSA) is 40.5 Å². The van der Waals surface area contributed by atoms with Crippen molar-refractivity contribution >= 4 is 0 Å². The first kappa shape index (κ1) is 43.7. The van der Waals surface area contributed by atoms with Crippen LogP contribution < -0.4 is 0 Å². The van der Waals surface area contributed by atoms with Gasteiger partial charge < -0.3 is 10.2 Å². The van der Waals surface area contributed by atoms with Crippen LogP contribution in [-0.4, -0.2) is 22.9 Å². The quantitative estimate of drug-likeness (QED) is 0.0532. The summed E-state index contributed by atoms with van der Waals surface area (Å²) < 4.78 is 0. The second-order valence-electron chi connectivity index (χ2n) is 14.4. The van der Waals surface area contributed by atoms with Crippen LogP contribution in [0.1, 0.15) is 239 Å². The van der Waals surface area contributed by atoms with Crippen LogP contribution in [0, 0.1) is 5.92 Å². The van der Waals surface area contributed by atoms with E-state index in [2.05, 4.69) is 26.0 Å². The zero-order chi connectivity index (χ0) is 32.0. The molecule has 2 heteroatoms. The second kappa shape index (κ2) is 38.8. The molecule has 0 fully saturated rings. The van der Waals surface area contributed by atoms with E-state index < -0.39 is 0 Å². The molecule has 0 aliphatic heterocycles. The predicted octanol–water partition coefficient (Wildman–Crippen LogP) is 14.2. The minimum absolute atomic E-state index is 0.0949. The lowest BCUT2D eigenvalue weighted by atomic mass is 9.99. The van der Waals surface area contributed by atoms with Gasteiger partial charge in [0.2, 0.25) is 0 Å². The first-order valence-electron chi connectivity index (χ1n) is 20.7. The fraction of sp³-hybridized carbons (Fsp3) is 0.952. The fourth-order valence-electron chi connectivity index (χ4n) is 6.73. The molecule has 0 saturated carbocycles. The molecule has 0 aliphatic carbocycles. The maximum absolute atomic E-state index is 9.80. The van der Waals surface area contributed by atoms with Gasteiger partial charge in [0.1, 0.15) is 0 Å². The molecule has 0 unspecified atom stereocenters. The summed E-state index contributed by atoms with van der Waals surface area (Å²) in [4.78, 5) is 0. The van der Waals surface area contributed by atoms with Gasteiger partial charge in [0.05, 0.1) is 6.10 Å². The van der Waals surface area contributed by atoms with Gasteiger partial charge in [-0.15, -0.1) is 0 Å². The number of unbranched alkanes of at least 4 members (excludes halogenated alkanes) is 29. The van der Waals surface area contributed by atoms with Gasteiger partial charge >= 0.3 is 0 Å². The third kappa shape index (κ3) is 36.1. The molecule has 264 valence electrons. The molecule has 0 heterocycles. The number of aliphatic hydroxyl groups excluding tert-OH is 2. The van der Waals surface area contributed by atoms with Crippen molar-refractivity contribution in [2.24, 2.45) is 5.92 Å². The summed E-state index contributed by atoms with van der Waals surface area (Å²) in [5, 5.41) is 19.5. The molecule has 0 spiro atoms. The Kier molecular flexibility index (Phi) is 38.5.